The van der Waals surface area contributed by atoms with E-state index in [-0.39, 0.29) is 0 Å². The standard InChI is InChI=1S/C17H20O/c1-3-13(4-2)14-9-5-6-10-15(14)16-11-7-8-12-17(16)18/h5-13,18H,3-4H2,1-2H3. The van der Waals surface area contributed by atoms with Gasteiger partial charge in [0.15, 0.2) is 0 Å². The van der Waals surface area contributed by atoms with Crippen LogP contribution in [0.2, 0.25) is 0 Å². The van der Waals surface area contributed by atoms with Crippen molar-refractivity contribution >= 4 is 0 Å². The summed E-state index contributed by atoms with van der Waals surface area (Å²) in [7, 11) is 0. The summed E-state index contributed by atoms with van der Waals surface area (Å²) in [6.45, 7) is 4.44. The molecule has 0 fully saturated rings. The van der Waals surface area contributed by atoms with Gasteiger partial charge in [0.1, 0.15) is 5.75 Å². The van der Waals surface area contributed by atoms with Gasteiger partial charge in [-0.05, 0) is 36.0 Å². The van der Waals surface area contributed by atoms with Gasteiger partial charge in [-0.25, -0.2) is 0 Å². The maximum absolute atomic E-state index is 10.0. The third kappa shape index (κ3) is 2.40. The minimum Gasteiger partial charge on any atom is -0.507 e. The van der Waals surface area contributed by atoms with E-state index < -0.39 is 0 Å². The summed E-state index contributed by atoms with van der Waals surface area (Å²) >= 11 is 0. The van der Waals surface area contributed by atoms with Crippen LogP contribution in [0.5, 0.6) is 5.75 Å². The van der Waals surface area contributed by atoms with Crippen molar-refractivity contribution in [1.29, 1.82) is 0 Å². The Morgan fingerprint density at radius 2 is 1.39 bits per heavy atom. The molecule has 0 aliphatic carbocycles. The van der Waals surface area contributed by atoms with Crippen LogP contribution in [-0.2, 0) is 0 Å². The Morgan fingerprint density at radius 3 is 2.00 bits per heavy atom. The molecule has 94 valence electrons. The highest BCUT2D eigenvalue weighted by atomic mass is 16.3. The Labute approximate surface area is 109 Å². The van der Waals surface area contributed by atoms with Crippen LogP contribution in [-0.4, -0.2) is 5.11 Å². The third-order valence-electron chi connectivity index (χ3n) is 3.58. The van der Waals surface area contributed by atoms with E-state index in [4.69, 9.17) is 0 Å². The summed E-state index contributed by atoms with van der Waals surface area (Å²) in [5, 5.41) is 10.0. The Morgan fingerprint density at radius 1 is 0.833 bits per heavy atom. The van der Waals surface area contributed by atoms with Gasteiger partial charge in [-0.2, -0.15) is 0 Å². The number of rotatable bonds is 4. The topological polar surface area (TPSA) is 20.2 Å². The lowest BCUT2D eigenvalue weighted by atomic mass is 9.87. The van der Waals surface area contributed by atoms with Crippen LogP contribution in [0.3, 0.4) is 0 Å². The second-order valence-electron chi connectivity index (χ2n) is 4.62. The van der Waals surface area contributed by atoms with Gasteiger partial charge in [-0.15, -0.1) is 0 Å². The Balaban J connectivity index is 2.55. The molecule has 2 aromatic rings. The Hall–Kier alpha value is -1.76. The van der Waals surface area contributed by atoms with Crippen LogP contribution < -0.4 is 0 Å². The molecule has 0 aliphatic rings. The minimum absolute atomic E-state index is 0.357. The summed E-state index contributed by atoms with van der Waals surface area (Å²) in [4.78, 5) is 0. The quantitative estimate of drug-likeness (QED) is 0.800. The molecule has 0 heterocycles. The number of hydrogen-bond acceptors (Lipinski definition) is 1. The molecule has 0 atom stereocenters. The predicted molar refractivity (Wildman–Crippen MR) is 76.9 cm³/mol. The van der Waals surface area contributed by atoms with Crippen molar-refractivity contribution in [2.75, 3.05) is 0 Å². The first-order chi connectivity index (χ1) is 8.77. The highest BCUT2D eigenvalue weighted by Crippen LogP contribution is 2.36. The van der Waals surface area contributed by atoms with Crippen LogP contribution in [0, 0.1) is 0 Å². The molecular weight excluding hydrogens is 220 g/mol. The second kappa shape index (κ2) is 5.72. The van der Waals surface area contributed by atoms with E-state index in [1.54, 1.807) is 6.07 Å². The van der Waals surface area contributed by atoms with E-state index >= 15 is 0 Å². The van der Waals surface area contributed by atoms with Crippen molar-refractivity contribution in [1.82, 2.24) is 0 Å². The predicted octanol–water partition coefficient (Wildman–Crippen LogP) is 4.96. The normalized spacial score (nSPS) is 10.8. The molecule has 0 aromatic heterocycles. The lowest BCUT2D eigenvalue weighted by molar-refractivity contribution is 0.477. The maximum Gasteiger partial charge on any atom is 0.123 e. The van der Waals surface area contributed by atoms with E-state index in [1.807, 2.05) is 24.3 Å². The fraction of sp³-hybridized carbons (Fsp3) is 0.294. The maximum atomic E-state index is 10.0. The lowest BCUT2D eigenvalue weighted by Gasteiger charge is -2.18. The van der Waals surface area contributed by atoms with Crippen molar-refractivity contribution in [3.05, 3.63) is 54.1 Å². The molecule has 0 saturated heterocycles. The van der Waals surface area contributed by atoms with Crippen molar-refractivity contribution in [3.8, 4) is 16.9 Å². The first-order valence-electron chi connectivity index (χ1n) is 6.65. The van der Waals surface area contributed by atoms with E-state index in [9.17, 15) is 5.11 Å². The molecule has 0 amide bonds. The van der Waals surface area contributed by atoms with E-state index in [0.29, 0.717) is 11.7 Å². The van der Waals surface area contributed by atoms with E-state index in [2.05, 4.69) is 32.0 Å². The van der Waals surface area contributed by atoms with Crippen LogP contribution in [0.25, 0.3) is 11.1 Å². The van der Waals surface area contributed by atoms with Gasteiger partial charge in [-0.3, -0.25) is 0 Å². The monoisotopic (exact) mass is 240 g/mol. The fourth-order valence-corrected chi connectivity index (χ4v) is 2.53. The molecular formula is C17H20O. The Bertz CT molecular complexity index is 513. The number of hydrogen-bond donors (Lipinski definition) is 1. The van der Waals surface area contributed by atoms with Crippen molar-refractivity contribution < 1.29 is 5.11 Å². The van der Waals surface area contributed by atoms with Gasteiger partial charge in [-0.1, -0.05) is 56.3 Å². The fourth-order valence-electron chi connectivity index (χ4n) is 2.53. The summed E-state index contributed by atoms with van der Waals surface area (Å²) in [6.07, 6.45) is 2.25. The van der Waals surface area contributed by atoms with Gasteiger partial charge in [0, 0.05) is 5.56 Å². The van der Waals surface area contributed by atoms with E-state index in [0.717, 1.165) is 24.0 Å². The zero-order valence-corrected chi connectivity index (χ0v) is 11.1. The highest BCUT2D eigenvalue weighted by Gasteiger charge is 2.14. The van der Waals surface area contributed by atoms with Crippen molar-refractivity contribution in [3.63, 3.8) is 0 Å². The molecule has 0 unspecified atom stereocenters. The molecule has 0 radical (unpaired) electrons. The molecule has 0 saturated carbocycles. The smallest absolute Gasteiger partial charge is 0.123 e. The van der Waals surface area contributed by atoms with Crippen LogP contribution in [0.4, 0.5) is 0 Å². The van der Waals surface area contributed by atoms with Crippen LogP contribution in [0.1, 0.15) is 38.2 Å². The first-order valence-corrected chi connectivity index (χ1v) is 6.65. The molecule has 0 aliphatic heterocycles. The average molecular weight is 240 g/mol. The molecule has 2 aromatic carbocycles. The SMILES string of the molecule is CCC(CC)c1ccccc1-c1ccccc1O. The van der Waals surface area contributed by atoms with Crippen molar-refractivity contribution in [2.24, 2.45) is 0 Å². The summed E-state index contributed by atoms with van der Waals surface area (Å²) < 4.78 is 0. The largest absolute Gasteiger partial charge is 0.507 e. The van der Waals surface area contributed by atoms with Gasteiger partial charge in [0.2, 0.25) is 0 Å². The van der Waals surface area contributed by atoms with Crippen LogP contribution in [0.15, 0.2) is 48.5 Å². The van der Waals surface area contributed by atoms with Gasteiger partial charge < -0.3 is 5.11 Å². The van der Waals surface area contributed by atoms with Gasteiger partial charge >= 0.3 is 0 Å². The summed E-state index contributed by atoms with van der Waals surface area (Å²) in [6, 6.07) is 16.0. The second-order valence-corrected chi connectivity index (χ2v) is 4.62. The molecule has 1 nitrogen and oxygen atoms in total. The summed E-state index contributed by atoms with van der Waals surface area (Å²) in [5.74, 6) is 0.914. The Kier molecular flexibility index (Phi) is 4.03. The molecule has 1 N–H and O–H groups in total. The first kappa shape index (κ1) is 12.7. The number of aromatic hydroxyl groups is 1. The number of phenolic OH excluding ortho intramolecular Hbond substituents is 1. The number of phenols is 1. The lowest BCUT2D eigenvalue weighted by Crippen LogP contribution is -1.98. The third-order valence-corrected chi connectivity index (χ3v) is 3.58. The molecule has 1 heteroatoms. The molecule has 0 bridgehead atoms. The minimum atomic E-state index is 0.357. The van der Waals surface area contributed by atoms with Crippen molar-refractivity contribution in [2.45, 2.75) is 32.6 Å². The van der Waals surface area contributed by atoms with Gasteiger partial charge in [0.05, 0.1) is 0 Å². The zero-order chi connectivity index (χ0) is 13.0. The average Bonchev–Trinajstić information content (AvgIpc) is 2.41. The van der Waals surface area contributed by atoms with E-state index in [1.165, 1.54) is 5.56 Å². The van der Waals surface area contributed by atoms with Gasteiger partial charge in [0.25, 0.3) is 0 Å². The van der Waals surface area contributed by atoms with Crippen LogP contribution >= 0.6 is 0 Å². The summed E-state index contributed by atoms with van der Waals surface area (Å²) in [5.41, 5.74) is 3.42. The molecule has 0 spiro atoms. The molecule has 18 heavy (non-hydrogen) atoms. The number of para-hydroxylation sites is 1. The highest BCUT2D eigenvalue weighted by molar-refractivity contribution is 5.73. The zero-order valence-electron chi connectivity index (χ0n) is 11.1. The molecule has 2 rings (SSSR count). The number of benzene rings is 2.